The summed E-state index contributed by atoms with van der Waals surface area (Å²) in [6.07, 6.45) is 7.37. The molecule has 0 aromatic rings. The minimum Gasteiger partial charge on any atom is -0.469 e. The first-order valence-electron chi connectivity index (χ1n) is 7.60. The third-order valence-corrected chi connectivity index (χ3v) is 4.48. The van der Waals surface area contributed by atoms with Crippen LogP contribution in [-0.2, 0) is 9.53 Å². The van der Waals surface area contributed by atoms with Crippen molar-refractivity contribution in [1.82, 2.24) is 0 Å². The number of unbranched alkanes of at least 4 members (excludes halogenated alkanes) is 3. The van der Waals surface area contributed by atoms with Crippen molar-refractivity contribution < 1.29 is 14.6 Å². The minimum absolute atomic E-state index is 0.122. The maximum atomic E-state index is 10.9. The molecule has 0 radical (unpaired) electrons. The Bertz CT molecular complexity index is 270. The molecule has 4 atom stereocenters. The van der Waals surface area contributed by atoms with Gasteiger partial charge in [-0.2, -0.15) is 0 Å². The first-order valence-corrected chi connectivity index (χ1v) is 7.60. The highest BCUT2D eigenvalue weighted by Gasteiger charge is 2.38. The zero-order valence-corrected chi connectivity index (χ0v) is 12.3. The molecule has 19 heavy (non-hydrogen) atoms. The van der Waals surface area contributed by atoms with Gasteiger partial charge < -0.3 is 15.6 Å². The fourth-order valence-corrected chi connectivity index (χ4v) is 3.35. The lowest BCUT2D eigenvalue weighted by molar-refractivity contribution is -0.140. The second kappa shape index (κ2) is 8.54. The number of carbonyl (C=O) groups excluding carboxylic acids is 1. The fourth-order valence-electron chi connectivity index (χ4n) is 3.35. The first kappa shape index (κ1) is 16.4. The van der Waals surface area contributed by atoms with E-state index in [1.807, 2.05) is 0 Å². The summed E-state index contributed by atoms with van der Waals surface area (Å²) in [5, 5.41) is 10.0. The van der Waals surface area contributed by atoms with E-state index in [9.17, 15) is 9.90 Å². The molecule has 112 valence electrons. The molecule has 0 aliphatic heterocycles. The van der Waals surface area contributed by atoms with Crippen LogP contribution in [0.2, 0.25) is 0 Å². The third-order valence-electron chi connectivity index (χ3n) is 4.48. The topological polar surface area (TPSA) is 72.5 Å². The number of methoxy groups -OCH3 is 1. The average Bonchev–Trinajstić information content (AvgIpc) is 2.67. The molecule has 0 saturated heterocycles. The van der Waals surface area contributed by atoms with E-state index in [-0.39, 0.29) is 18.1 Å². The standard InChI is InChI=1S/C15H29NO3/c1-3-11-12(14(17)10-13(11)16)8-6-4-5-7-9-15(18)19-2/h11-14,17H,3-10,16H2,1-2H3/t11-,12?,13-,14+/m1/s1. The van der Waals surface area contributed by atoms with Crippen LogP contribution < -0.4 is 5.73 Å². The maximum absolute atomic E-state index is 10.9. The third kappa shape index (κ3) is 5.11. The van der Waals surface area contributed by atoms with Crippen molar-refractivity contribution in [2.75, 3.05) is 7.11 Å². The Labute approximate surface area is 116 Å². The molecule has 0 spiro atoms. The molecule has 1 rings (SSSR count). The molecular formula is C15H29NO3. The number of hydrogen-bond acceptors (Lipinski definition) is 4. The van der Waals surface area contributed by atoms with Crippen LogP contribution in [0.15, 0.2) is 0 Å². The van der Waals surface area contributed by atoms with Crippen LogP contribution in [0.5, 0.6) is 0 Å². The average molecular weight is 271 g/mol. The molecule has 4 nitrogen and oxygen atoms in total. The Balaban J connectivity index is 2.13. The Morgan fingerprint density at radius 1 is 1.26 bits per heavy atom. The highest BCUT2D eigenvalue weighted by atomic mass is 16.5. The SMILES string of the molecule is CC[C@@H]1C(CCCCCCC(=O)OC)[C@@H](O)C[C@H]1N. The quantitative estimate of drug-likeness (QED) is 0.524. The van der Waals surface area contributed by atoms with E-state index in [0.29, 0.717) is 18.3 Å². The summed E-state index contributed by atoms with van der Waals surface area (Å²) in [5.41, 5.74) is 6.06. The van der Waals surface area contributed by atoms with Crippen molar-refractivity contribution in [2.45, 2.75) is 70.4 Å². The van der Waals surface area contributed by atoms with Gasteiger partial charge >= 0.3 is 5.97 Å². The molecule has 4 heteroatoms. The summed E-state index contributed by atoms with van der Waals surface area (Å²) < 4.78 is 4.61. The van der Waals surface area contributed by atoms with Crippen molar-refractivity contribution in [3.63, 3.8) is 0 Å². The predicted molar refractivity (Wildman–Crippen MR) is 75.6 cm³/mol. The Hall–Kier alpha value is -0.610. The van der Waals surface area contributed by atoms with Crippen molar-refractivity contribution in [3.05, 3.63) is 0 Å². The van der Waals surface area contributed by atoms with Gasteiger partial charge in [-0.05, 0) is 31.1 Å². The lowest BCUT2D eigenvalue weighted by Crippen LogP contribution is -2.27. The summed E-state index contributed by atoms with van der Waals surface area (Å²) >= 11 is 0. The number of aliphatic hydroxyl groups is 1. The van der Waals surface area contributed by atoms with E-state index < -0.39 is 0 Å². The van der Waals surface area contributed by atoms with Gasteiger partial charge in [-0.25, -0.2) is 0 Å². The van der Waals surface area contributed by atoms with Crippen LogP contribution in [-0.4, -0.2) is 30.3 Å². The number of aliphatic hydroxyl groups excluding tert-OH is 1. The molecule has 0 amide bonds. The number of esters is 1. The number of hydrogen-bond donors (Lipinski definition) is 2. The number of ether oxygens (including phenoxy) is 1. The Morgan fingerprint density at radius 3 is 2.58 bits per heavy atom. The molecule has 0 bridgehead atoms. The molecule has 1 saturated carbocycles. The van der Waals surface area contributed by atoms with Gasteiger partial charge in [0.05, 0.1) is 13.2 Å². The van der Waals surface area contributed by atoms with Crippen molar-refractivity contribution in [1.29, 1.82) is 0 Å². The molecule has 0 aromatic carbocycles. The second-order valence-electron chi connectivity index (χ2n) is 5.73. The van der Waals surface area contributed by atoms with E-state index >= 15 is 0 Å². The molecule has 0 aromatic heterocycles. The molecule has 1 aliphatic rings. The van der Waals surface area contributed by atoms with Crippen LogP contribution in [0.4, 0.5) is 0 Å². The van der Waals surface area contributed by atoms with Crippen molar-refractivity contribution >= 4 is 5.97 Å². The first-order chi connectivity index (χ1) is 9.10. The van der Waals surface area contributed by atoms with Gasteiger partial charge in [0.2, 0.25) is 0 Å². The van der Waals surface area contributed by atoms with E-state index in [4.69, 9.17) is 5.73 Å². The van der Waals surface area contributed by atoms with E-state index in [1.54, 1.807) is 0 Å². The monoisotopic (exact) mass is 271 g/mol. The van der Waals surface area contributed by atoms with Crippen molar-refractivity contribution in [3.8, 4) is 0 Å². The van der Waals surface area contributed by atoms with E-state index in [0.717, 1.165) is 44.9 Å². The lowest BCUT2D eigenvalue weighted by atomic mass is 9.86. The Kier molecular flexibility index (Phi) is 7.39. The number of carbonyl (C=O) groups is 1. The second-order valence-corrected chi connectivity index (χ2v) is 5.73. The number of nitrogens with two attached hydrogens (primary N) is 1. The molecular weight excluding hydrogens is 242 g/mol. The van der Waals surface area contributed by atoms with Gasteiger partial charge in [-0.1, -0.05) is 32.6 Å². The summed E-state index contributed by atoms with van der Waals surface area (Å²) in [6, 6.07) is 0.171. The minimum atomic E-state index is -0.213. The zero-order chi connectivity index (χ0) is 14.3. The smallest absolute Gasteiger partial charge is 0.305 e. The van der Waals surface area contributed by atoms with Crippen LogP contribution in [0.1, 0.15) is 58.3 Å². The van der Waals surface area contributed by atoms with Crippen LogP contribution >= 0.6 is 0 Å². The van der Waals surface area contributed by atoms with Crippen LogP contribution in [0.3, 0.4) is 0 Å². The fraction of sp³-hybridized carbons (Fsp3) is 0.933. The predicted octanol–water partition coefficient (Wildman–Crippen LogP) is 2.23. The summed E-state index contributed by atoms with van der Waals surface area (Å²) in [5.74, 6) is 0.730. The van der Waals surface area contributed by atoms with Crippen LogP contribution in [0, 0.1) is 11.8 Å². The maximum Gasteiger partial charge on any atom is 0.305 e. The van der Waals surface area contributed by atoms with E-state index in [2.05, 4.69) is 11.7 Å². The van der Waals surface area contributed by atoms with Crippen molar-refractivity contribution in [2.24, 2.45) is 17.6 Å². The normalized spacial score (nSPS) is 30.5. The lowest BCUT2D eigenvalue weighted by Gasteiger charge is -2.22. The summed E-state index contributed by atoms with van der Waals surface area (Å²) in [7, 11) is 1.43. The Morgan fingerprint density at radius 2 is 1.95 bits per heavy atom. The molecule has 1 fully saturated rings. The largest absolute Gasteiger partial charge is 0.469 e. The molecule has 3 N–H and O–H groups in total. The summed E-state index contributed by atoms with van der Waals surface area (Å²) in [4.78, 5) is 10.9. The molecule has 0 heterocycles. The summed E-state index contributed by atoms with van der Waals surface area (Å²) in [6.45, 7) is 2.16. The number of rotatable bonds is 8. The van der Waals surface area contributed by atoms with Gasteiger partial charge in [0.25, 0.3) is 0 Å². The van der Waals surface area contributed by atoms with Gasteiger partial charge in [-0.15, -0.1) is 0 Å². The molecule has 1 unspecified atom stereocenters. The highest BCUT2D eigenvalue weighted by Crippen LogP contribution is 2.37. The van der Waals surface area contributed by atoms with Gasteiger partial charge in [0, 0.05) is 12.5 Å². The van der Waals surface area contributed by atoms with E-state index in [1.165, 1.54) is 7.11 Å². The van der Waals surface area contributed by atoms with Gasteiger partial charge in [0.15, 0.2) is 0 Å². The zero-order valence-electron chi connectivity index (χ0n) is 12.3. The van der Waals surface area contributed by atoms with Crippen LogP contribution in [0.25, 0.3) is 0 Å². The highest BCUT2D eigenvalue weighted by molar-refractivity contribution is 5.68. The molecule has 1 aliphatic carbocycles. The van der Waals surface area contributed by atoms with Gasteiger partial charge in [-0.3, -0.25) is 4.79 Å². The van der Waals surface area contributed by atoms with Gasteiger partial charge in [0.1, 0.15) is 0 Å².